The maximum atomic E-state index is 11.8. The fourth-order valence-corrected chi connectivity index (χ4v) is 1.40. The topological polar surface area (TPSA) is 92.2 Å². The van der Waals surface area contributed by atoms with E-state index in [4.69, 9.17) is 5.26 Å². The highest BCUT2D eigenvalue weighted by Crippen LogP contribution is 1.94. The van der Waals surface area contributed by atoms with Gasteiger partial charge in [0.2, 0.25) is 5.91 Å². The summed E-state index contributed by atoms with van der Waals surface area (Å²) in [4.78, 5) is 23.1. The minimum atomic E-state index is -0.419. The molecule has 2 aromatic heterocycles. The molecule has 17 heavy (non-hydrogen) atoms. The Hall–Kier alpha value is -2.62. The Kier molecular flexibility index (Phi) is 2.87. The van der Waals surface area contributed by atoms with E-state index in [0.717, 1.165) is 4.68 Å². The number of nitrogens with zero attached hydrogens (tertiary/aromatic N) is 4. The predicted molar refractivity (Wildman–Crippen MR) is 58.1 cm³/mol. The fraction of sp³-hybridized carbons (Fsp3) is 0.200. The number of carbonyl (C=O) groups is 1. The Morgan fingerprint density at radius 2 is 2.35 bits per heavy atom. The Bertz CT molecular complexity index is 648. The summed E-state index contributed by atoms with van der Waals surface area (Å²) in [6.45, 7) is -0.275. The van der Waals surface area contributed by atoms with Crippen molar-refractivity contribution in [1.29, 1.82) is 5.26 Å². The standard InChI is InChI=1S/C10H9N5O2/c11-4-5-12-9(16)7-15-10(17)14-6-2-1-3-8(14)13-15/h1-3,6H,5,7H2,(H,12,16). The number of hydrogen-bond acceptors (Lipinski definition) is 4. The van der Waals surface area contributed by atoms with E-state index in [-0.39, 0.29) is 18.8 Å². The molecule has 0 saturated heterocycles. The van der Waals surface area contributed by atoms with Crippen molar-refractivity contribution in [1.82, 2.24) is 19.5 Å². The van der Waals surface area contributed by atoms with E-state index < -0.39 is 5.91 Å². The maximum Gasteiger partial charge on any atom is 0.350 e. The monoisotopic (exact) mass is 231 g/mol. The summed E-state index contributed by atoms with van der Waals surface area (Å²) >= 11 is 0. The number of nitrogens with one attached hydrogen (secondary N) is 1. The number of fused-ring (bicyclic) bond motifs is 1. The molecular weight excluding hydrogens is 222 g/mol. The van der Waals surface area contributed by atoms with Gasteiger partial charge in [-0.15, -0.1) is 5.10 Å². The molecule has 0 unspecified atom stereocenters. The molecule has 0 spiro atoms. The minimum Gasteiger partial charge on any atom is -0.341 e. The molecule has 2 aromatic rings. The van der Waals surface area contributed by atoms with E-state index in [2.05, 4.69) is 10.4 Å². The summed E-state index contributed by atoms with van der Waals surface area (Å²) in [5, 5.41) is 14.6. The highest BCUT2D eigenvalue weighted by Gasteiger charge is 2.09. The second kappa shape index (κ2) is 4.49. The molecule has 2 heterocycles. The summed E-state index contributed by atoms with van der Waals surface area (Å²) in [6, 6.07) is 6.91. The molecule has 1 amide bonds. The average Bonchev–Trinajstić information content (AvgIpc) is 2.64. The van der Waals surface area contributed by atoms with Crippen molar-refractivity contribution in [3.05, 3.63) is 34.9 Å². The molecule has 7 nitrogen and oxygen atoms in total. The van der Waals surface area contributed by atoms with Gasteiger partial charge < -0.3 is 5.32 Å². The van der Waals surface area contributed by atoms with Gasteiger partial charge in [0.1, 0.15) is 13.1 Å². The van der Waals surface area contributed by atoms with Crippen LogP contribution in [0.5, 0.6) is 0 Å². The number of nitriles is 1. The molecule has 0 atom stereocenters. The van der Waals surface area contributed by atoms with E-state index in [1.165, 1.54) is 4.40 Å². The summed E-state index contributed by atoms with van der Waals surface area (Å²) in [6.07, 6.45) is 1.58. The lowest BCUT2D eigenvalue weighted by molar-refractivity contribution is -0.121. The van der Waals surface area contributed by atoms with E-state index >= 15 is 0 Å². The van der Waals surface area contributed by atoms with Gasteiger partial charge in [-0.05, 0) is 12.1 Å². The van der Waals surface area contributed by atoms with Crippen LogP contribution < -0.4 is 11.0 Å². The van der Waals surface area contributed by atoms with Crippen molar-refractivity contribution < 1.29 is 4.79 Å². The van der Waals surface area contributed by atoms with E-state index in [1.54, 1.807) is 30.5 Å². The molecule has 86 valence electrons. The number of pyridine rings is 1. The lowest BCUT2D eigenvalue weighted by Gasteiger charge is -1.98. The van der Waals surface area contributed by atoms with Gasteiger partial charge >= 0.3 is 5.69 Å². The van der Waals surface area contributed by atoms with E-state index in [1.807, 2.05) is 0 Å². The fourth-order valence-electron chi connectivity index (χ4n) is 1.40. The van der Waals surface area contributed by atoms with Gasteiger partial charge in [-0.1, -0.05) is 6.07 Å². The van der Waals surface area contributed by atoms with Crippen molar-refractivity contribution in [2.75, 3.05) is 6.54 Å². The van der Waals surface area contributed by atoms with Crippen molar-refractivity contribution in [2.24, 2.45) is 0 Å². The molecule has 0 aliphatic heterocycles. The Morgan fingerprint density at radius 1 is 1.53 bits per heavy atom. The lowest BCUT2D eigenvalue weighted by atomic mass is 10.5. The van der Waals surface area contributed by atoms with Crippen LogP contribution in [0.3, 0.4) is 0 Å². The first-order valence-electron chi connectivity index (χ1n) is 4.90. The zero-order valence-corrected chi connectivity index (χ0v) is 8.83. The third kappa shape index (κ3) is 2.15. The minimum absolute atomic E-state index is 0.0824. The molecule has 0 aromatic carbocycles. The van der Waals surface area contributed by atoms with Crippen molar-refractivity contribution in [2.45, 2.75) is 6.54 Å². The molecule has 1 N–H and O–H groups in total. The average molecular weight is 231 g/mol. The normalized spacial score (nSPS) is 10.1. The second-order valence-electron chi connectivity index (χ2n) is 3.30. The van der Waals surface area contributed by atoms with Crippen LogP contribution >= 0.6 is 0 Å². The smallest absolute Gasteiger partial charge is 0.341 e. The van der Waals surface area contributed by atoms with Crippen molar-refractivity contribution in [3.8, 4) is 6.07 Å². The summed E-state index contributed by atoms with van der Waals surface area (Å²) < 4.78 is 2.40. The second-order valence-corrected chi connectivity index (χ2v) is 3.30. The Labute approximate surface area is 95.9 Å². The molecule has 0 bridgehead atoms. The molecule has 0 radical (unpaired) electrons. The van der Waals surface area contributed by atoms with E-state index in [0.29, 0.717) is 5.65 Å². The van der Waals surface area contributed by atoms with Crippen molar-refractivity contribution >= 4 is 11.6 Å². The largest absolute Gasteiger partial charge is 0.350 e. The number of carbonyl (C=O) groups excluding carboxylic acids is 1. The SMILES string of the molecule is N#CCNC(=O)Cn1nc2ccccn2c1=O. The van der Waals surface area contributed by atoms with Crippen molar-refractivity contribution in [3.63, 3.8) is 0 Å². The highest BCUT2D eigenvalue weighted by molar-refractivity contribution is 5.75. The molecule has 0 saturated carbocycles. The van der Waals surface area contributed by atoms with Crippen LogP contribution in [0.25, 0.3) is 5.65 Å². The Morgan fingerprint density at radius 3 is 3.06 bits per heavy atom. The van der Waals surface area contributed by atoms with Crippen LogP contribution in [-0.4, -0.2) is 26.6 Å². The first-order chi connectivity index (χ1) is 8.22. The number of rotatable bonds is 3. The van der Waals surface area contributed by atoms with Gasteiger partial charge in [-0.2, -0.15) is 5.26 Å². The van der Waals surface area contributed by atoms with Gasteiger partial charge in [0, 0.05) is 6.20 Å². The van der Waals surface area contributed by atoms with Crippen LogP contribution in [0.1, 0.15) is 0 Å². The first kappa shape index (κ1) is 10.9. The zero-order chi connectivity index (χ0) is 12.3. The first-order valence-corrected chi connectivity index (χ1v) is 4.90. The highest BCUT2D eigenvalue weighted by atomic mass is 16.2. The van der Waals surface area contributed by atoms with E-state index in [9.17, 15) is 9.59 Å². The molecule has 0 aliphatic rings. The van der Waals surface area contributed by atoms with Gasteiger partial charge in [-0.25, -0.2) is 9.48 Å². The van der Waals surface area contributed by atoms with Gasteiger partial charge in [0.05, 0.1) is 6.07 Å². The number of hydrogen-bond donors (Lipinski definition) is 1. The summed E-state index contributed by atoms with van der Waals surface area (Å²) in [5.74, 6) is -0.419. The van der Waals surface area contributed by atoms with Gasteiger partial charge in [0.25, 0.3) is 0 Å². The molecule has 2 rings (SSSR count). The maximum absolute atomic E-state index is 11.8. The van der Waals surface area contributed by atoms with Crippen LogP contribution in [0.4, 0.5) is 0 Å². The molecule has 0 aliphatic carbocycles. The Balaban J connectivity index is 2.25. The molecule has 0 fully saturated rings. The molecular formula is C10H9N5O2. The number of amides is 1. The van der Waals surface area contributed by atoms with Crippen LogP contribution in [0.2, 0.25) is 0 Å². The summed E-state index contributed by atoms with van der Waals surface area (Å²) in [7, 11) is 0. The number of aromatic nitrogens is 3. The zero-order valence-electron chi connectivity index (χ0n) is 8.83. The molecule has 7 heteroatoms. The predicted octanol–water partition coefficient (Wildman–Crippen LogP) is -0.864. The van der Waals surface area contributed by atoms with Crippen LogP contribution in [-0.2, 0) is 11.3 Å². The van der Waals surface area contributed by atoms with Crippen LogP contribution in [0.15, 0.2) is 29.2 Å². The lowest BCUT2D eigenvalue weighted by Crippen LogP contribution is -2.32. The third-order valence-corrected chi connectivity index (χ3v) is 2.15. The summed E-state index contributed by atoms with van der Waals surface area (Å²) in [5.41, 5.74) is 0.0956. The van der Waals surface area contributed by atoms with Gasteiger partial charge in [0.15, 0.2) is 5.65 Å². The quantitative estimate of drug-likeness (QED) is 0.695. The third-order valence-electron chi connectivity index (χ3n) is 2.15. The van der Waals surface area contributed by atoms with Gasteiger partial charge in [-0.3, -0.25) is 9.20 Å². The van der Waals surface area contributed by atoms with Crippen LogP contribution in [0, 0.1) is 11.3 Å².